The van der Waals surface area contributed by atoms with Gasteiger partial charge in [0.25, 0.3) is 11.9 Å². The highest BCUT2D eigenvalue weighted by molar-refractivity contribution is 5.90. The number of rotatable bonds is 9. The molecule has 5 rings (SSSR count). The van der Waals surface area contributed by atoms with Crippen LogP contribution in [0.2, 0.25) is 0 Å². The Kier molecular flexibility index (Phi) is 10.0. The van der Waals surface area contributed by atoms with Gasteiger partial charge in [0.1, 0.15) is 66.7 Å². The number of benzene rings is 2. The van der Waals surface area contributed by atoms with Crippen LogP contribution in [-0.4, -0.2) is 141 Å². The lowest BCUT2D eigenvalue weighted by Gasteiger charge is -2.45. The summed E-state index contributed by atoms with van der Waals surface area (Å²) in [6, 6.07) is 4.22. The highest BCUT2D eigenvalue weighted by Gasteiger charge is 2.51. The maximum Gasteiger partial charge on any atom is 0.317 e. The Hall–Kier alpha value is -4.60. The number of aliphatic hydroxyl groups is 6. The summed E-state index contributed by atoms with van der Waals surface area (Å²) in [4.78, 5) is 22.8. The summed E-state index contributed by atoms with van der Waals surface area (Å²) in [6.07, 6.45) is -17.1. The lowest BCUT2D eigenvalue weighted by Crippen LogP contribution is -2.63. The Bertz CT molecular complexity index is 1540. The lowest BCUT2D eigenvalue weighted by molar-refractivity contribution is -0.353. The average Bonchev–Trinajstić information content (AvgIpc) is 3.02. The minimum Gasteiger partial charge on any atom is -0.571 e. The molecule has 3 aliphatic rings. The zero-order valence-electron chi connectivity index (χ0n) is 24.5. The standard InChI is InChI=1S/C29H32O19/c30-10-3-12(31)11-5-17(26(45-16(11)4-10)9-1-13(32)21(38)14(33)2-9)46-29-27(48-28-25(42)22(39)15(34)7-44-28)24(41)23(40)18(47-29)8-43-20(37)6-19(35)36/h1-5,15,18,22-34,38-42H,6-8H2,(H,35,36)/p+1. The van der Waals surface area contributed by atoms with Crippen LogP contribution in [-0.2, 0) is 33.3 Å². The Morgan fingerprint density at radius 3 is 2.21 bits per heavy atom. The molecule has 48 heavy (non-hydrogen) atoms. The number of aliphatic hydroxyl groups excluding tert-OH is 5. The Balaban J connectivity index is 1.52. The Morgan fingerprint density at radius 2 is 1.54 bits per heavy atom. The summed E-state index contributed by atoms with van der Waals surface area (Å²) in [5.74, 6) is -6.15. The molecule has 19 nitrogen and oxygen atoms in total. The molecule has 2 aromatic carbocycles. The smallest absolute Gasteiger partial charge is 0.317 e. The second kappa shape index (κ2) is 13.9. The number of aliphatic carboxylic acids is 1. The molecular formula is C29H33O19+. The summed E-state index contributed by atoms with van der Waals surface area (Å²) < 4.78 is 32.1. The fourth-order valence-electron chi connectivity index (χ4n) is 5.23. The molecule has 10 unspecified atom stereocenters. The first-order chi connectivity index (χ1) is 22.6. The molecule has 3 aliphatic heterocycles. The minimum absolute atomic E-state index is 0.00225. The van der Waals surface area contributed by atoms with Crippen LogP contribution < -0.4 is 0 Å². The van der Waals surface area contributed by atoms with Crippen LogP contribution in [0, 0.1) is 0 Å². The molecule has 0 bridgehead atoms. The first kappa shape index (κ1) is 34.7. The predicted octanol–water partition coefficient (Wildman–Crippen LogP) is -2.14. The van der Waals surface area contributed by atoms with E-state index in [4.69, 9.17) is 28.8 Å². The third-order valence-electron chi connectivity index (χ3n) is 7.70. The van der Waals surface area contributed by atoms with Gasteiger partial charge < -0.3 is 84.6 Å². The number of esters is 1. The van der Waals surface area contributed by atoms with Gasteiger partial charge in [-0.05, 0) is 12.1 Å². The molecule has 0 aromatic heterocycles. The van der Waals surface area contributed by atoms with Gasteiger partial charge in [-0.25, -0.2) is 0 Å². The zero-order valence-corrected chi connectivity index (χ0v) is 24.5. The second-order valence-corrected chi connectivity index (χ2v) is 11.1. The van der Waals surface area contributed by atoms with Crippen LogP contribution >= 0.6 is 0 Å². The van der Waals surface area contributed by atoms with Gasteiger partial charge in [0, 0.05) is 12.1 Å². The molecule has 19 heteroatoms. The number of aromatic hydroxyl groups is 6. The van der Waals surface area contributed by atoms with Crippen molar-refractivity contribution in [3.63, 3.8) is 0 Å². The Morgan fingerprint density at radius 1 is 0.854 bits per heavy atom. The molecule has 2 fully saturated rings. The highest BCUT2D eigenvalue weighted by atomic mass is 16.8. The van der Waals surface area contributed by atoms with E-state index >= 15 is 0 Å². The maximum absolute atomic E-state index is 11.9. The minimum atomic E-state index is -1.98. The fourth-order valence-corrected chi connectivity index (χ4v) is 5.23. The van der Waals surface area contributed by atoms with E-state index in [1.54, 1.807) is 0 Å². The van der Waals surface area contributed by atoms with Gasteiger partial charge in [-0.2, -0.15) is 0 Å². The van der Waals surface area contributed by atoms with E-state index in [-0.39, 0.29) is 28.4 Å². The van der Waals surface area contributed by atoms with E-state index in [0.717, 1.165) is 18.2 Å². The number of phenols is 5. The summed E-state index contributed by atoms with van der Waals surface area (Å²) >= 11 is 0. The van der Waals surface area contributed by atoms with Crippen LogP contribution in [0.5, 0.6) is 34.5 Å². The van der Waals surface area contributed by atoms with Gasteiger partial charge in [-0.1, -0.05) is 0 Å². The van der Waals surface area contributed by atoms with Gasteiger partial charge in [0.05, 0.1) is 18.2 Å². The molecule has 2 aromatic rings. The van der Waals surface area contributed by atoms with Crippen molar-refractivity contribution in [2.24, 2.45) is 0 Å². The van der Waals surface area contributed by atoms with Crippen LogP contribution in [0.4, 0.5) is 0 Å². The van der Waals surface area contributed by atoms with Gasteiger partial charge >= 0.3 is 11.9 Å². The molecule has 2 saturated heterocycles. The quantitative estimate of drug-likeness (QED) is 0.0580. The van der Waals surface area contributed by atoms with E-state index in [0.29, 0.717) is 0 Å². The number of phenolic OH excluding ortho intramolecular Hbond substituents is 5. The largest absolute Gasteiger partial charge is 0.571 e. The maximum atomic E-state index is 11.9. The van der Waals surface area contributed by atoms with E-state index in [1.165, 1.54) is 12.1 Å². The molecule has 0 saturated carbocycles. The number of carbonyl (C=O) groups is 2. The van der Waals surface area contributed by atoms with Gasteiger partial charge in [-0.3, -0.25) is 9.59 Å². The van der Waals surface area contributed by atoms with Crippen molar-refractivity contribution in [2.75, 3.05) is 13.2 Å². The molecule has 3 heterocycles. The number of ether oxygens (including phenoxy) is 6. The molecule has 0 spiro atoms. The molecule has 0 radical (unpaired) electrons. The summed E-state index contributed by atoms with van der Waals surface area (Å²) in [6.45, 7) is -1.30. The molecule has 0 amide bonds. The van der Waals surface area contributed by atoms with Gasteiger partial charge in [0.15, 0.2) is 35.4 Å². The van der Waals surface area contributed by atoms with Gasteiger partial charge in [0.2, 0.25) is 6.29 Å². The SMILES string of the molecule is O=C(O)CC(=O)OCC1OC(OC2=Cc3c(O)cc(O)cc3[OH+]C2c2cc(O)c(O)c(O)c2)C(OC2OCC(O)C(O)C2O)C(O)C1O. The first-order valence-electron chi connectivity index (χ1n) is 14.2. The molecule has 10 atom stereocenters. The van der Waals surface area contributed by atoms with Gasteiger partial charge in [-0.15, -0.1) is 0 Å². The molecule has 262 valence electrons. The number of hydrogen-bond donors (Lipinski definition) is 11. The predicted molar refractivity (Wildman–Crippen MR) is 151 cm³/mol. The average molecular weight is 686 g/mol. The highest BCUT2D eigenvalue weighted by Crippen LogP contribution is 2.48. The lowest BCUT2D eigenvalue weighted by atomic mass is 9.97. The number of carbonyl (C=O) groups excluding carboxylic acids is 1. The summed E-state index contributed by atoms with van der Waals surface area (Å²) in [5.41, 5.74) is -0.0129. The van der Waals surface area contributed by atoms with Crippen molar-refractivity contribution < 1.29 is 94.2 Å². The van der Waals surface area contributed by atoms with E-state index < -0.39 is 116 Å². The Labute approximate surface area is 269 Å². The molecule has 12 N–H and O–H groups in total. The van der Waals surface area contributed by atoms with Crippen LogP contribution in [0.3, 0.4) is 0 Å². The third-order valence-corrected chi connectivity index (χ3v) is 7.70. The zero-order chi connectivity index (χ0) is 35.0. The van der Waals surface area contributed by atoms with E-state index in [2.05, 4.69) is 4.74 Å². The first-order valence-corrected chi connectivity index (χ1v) is 14.2. The number of carboxylic acids is 1. The van der Waals surface area contributed by atoms with Crippen LogP contribution in [0.25, 0.3) is 6.08 Å². The monoisotopic (exact) mass is 685 g/mol. The third kappa shape index (κ3) is 7.12. The van der Waals surface area contributed by atoms with E-state index in [9.17, 15) is 60.7 Å². The van der Waals surface area contributed by atoms with E-state index in [1.807, 2.05) is 0 Å². The number of carboxylic acid groups (broad SMARTS) is 1. The number of fused-ring (bicyclic) bond motifs is 1. The normalized spacial score (nSPS) is 31.6. The molecule has 0 aliphatic carbocycles. The second-order valence-electron chi connectivity index (χ2n) is 11.1. The van der Waals surface area contributed by atoms with Crippen LogP contribution in [0.15, 0.2) is 30.0 Å². The van der Waals surface area contributed by atoms with Crippen molar-refractivity contribution in [1.29, 1.82) is 0 Å². The van der Waals surface area contributed by atoms with Crippen molar-refractivity contribution in [1.82, 2.24) is 0 Å². The summed E-state index contributed by atoms with van der Waals surface area (Å²) in [7, 11) is 0. The van der Waals surface area contributed by atoms with Crippen molar-refractivity contribution >= 4 is 18.0 Å². The topological polar surface area (TPSA) is 316 Å². The van der Waals surface area contributed by atoms with Crippen molar-refractivity contribution in [3.8, 4) is 34.5 Å². The fraction of sp³-hybridized carbons (Fsp3) is 0.448. The van der Waals surface area contributed by atoms with Crippen LogP contribution in [0.1, 0.15) is 23.7 Å². The van der Waals surface area contributed by atoms with Crippen molar-refractivity contribution in [3.05, 3.63) is 41.2 Å². The molecular weight excluding hydrogens is 652 g/mol. The summed E-state index contributed by atoms with van der Waals surface area (Å²) in [5, 5.41) is 112. The van der Waals surface area contributed by atoms with Crippen molar-refractivity contribution in [2.45, 2.75) is 67.8 Å². The number of hydrogen-bond acceptors (Lipinski definition) is 17.